The zero-order chi connectivity index (χ0) is 14.4. The lowest BCUT2D eigenvalue weighted by Gasteiger charge is -2.17. The second-order valence-corrected chi connectivity index (χ2v) is 4.99. The minimum atomic E-state index is 0. The topological polar surface area (TPSA) is 38.5 Å². The van der Waals surface area contributed by atoms with E-state index in [-0.39, 0.29) is 12.4 Å². The number of nitrogen functional groups attached to an aromatic ring is 1. The molecule has 0 atom stereocenters. The number of halogens is 1. The summed E-state index contributed by atoms with van der Waals surface area (Å²) in [5.41, 5.74) is 9.13. The predicted octanol–water partition coefficient (Wildman–Crippen LogP) is 3.72. The van der Waals surface area contributed by atoms with Crippen LogP contribution in [-0.4, -0.2) is 18.6 Å². The summed E-state index contributed by atoms with van der Waals surface area (Å²) in [4.78, 5) is 2.27. The Kier molecular flexibility index (Phi) is 7.06. The van der Waals surface area contributed by atoms with Crippen molar-refractivity contribution in [3.05, 3.63) is 59.7 Å². The molecular weight excluding hydrogens is 284 g/mol. The Morgan fingerprint density at radius 2 is 1.67 bits per heavy atom. The maximum Gasteiger partial charge on any atom is 0.119 e. The minimum absolute atomic E-state index is 0. The van der Waals surface area contributed by atoms with E-state index in [1.54, 1.807) is 0 Å². The molecule has 4 heteroatoms. The number of nitrogens with zero attached hydrogens (tertiary/aromatic N) is 1. The first kappa shape index (κ1) is 17.3. The van der Waals surface area contributed by atoms with Crippen LogP contribution in [0.1, 0.15) is 18.1 Å². The standard InChI is InChI=1S/C17H22N2O.ClH/c1-3-20-17-9-7-14(8-10-17)12-19(2)13-15-5-4-6-16(18)11-15;/h4-11H,3,12-13,18H2,1-2H3;1H. The first-order valence-corrected chi connectivity index (χ1v) is 6.92. The van der Waals surface area contributed by atoms with Gasteiger partial charge in [-0.1, -0.05) is 24.3 Å². The number of rotatable bonds is 6. The lowest BCUT2D eigenvalue weighted by Crippen LogP contribution is -2.17. The maximum absolute atomic E-state index is 5.80. The first-order chi connectivity index (χ1) is 9.67. The third-order valence-corrected chi connectivity index (χ3v) is 3.09. The highest BCUT2D eigenvalue weighted by molar-refractivity contribution is 5.85. The molecule has 0 spiro atoms. The summed E-state index contributed by atoms with van der Waals surface area (Å²) >= 11 is 0. The molecule has 2 rings (SSSR count). The molecule has 0 heterocycles. The molecule has 0 saturated carbocycles. The van der Waals surface area contributed by atoms with Crippen molar-refractivity contribution in [2.75, 3.05) is 19.4 Å². The summed E-state index contributed by atoms with van der Waals surface area (Å²) < 4.78 is 5.45. The monoisotopic (exact) mass is 306 g/mol. The molecule has 114 valence electrons. The Morgan fingerprint density at radius 3 is 2.29 bits per heavy atom. The Hall–Kier alpha value is -1.71. The Morgan fingerprint density at radius 1 is 1.00 bits per heavy atom. The SMILES string of the molecule is CCOc1ccc(CN(C)Cc2cccc(N)c2)cc1.Cl. The number of hydrogen-bond donors (Lipinski definition) is 1. The van der Waals surface area contributed by atoms with Gasteiger partial charge in [0.05, 0.1) is 6.61 Å². The lowest BCUT2D eigenvalue weighted by molar-refractivity contribution is 0.318. The van der Waals surface area contributed by atoms with Crippen LogP contribution >= 0.6 is 12.4 Å². The van der Waals surface area contributed by atoms with Crippen LogP contribution in [0.25, 0.3) is 0 Å². The minimum Gasteiger partial charge on any atom is -0.494 e. The molecule has 3 nitrogen and oxygen atoms in total. The van der Waals surface area contributed by atoms with Crippen LogP contribution in [0.2, 0.25) is 0 Å². The van der Waals surface area contributed by atoms with E-state index in [2.05, 4.69) is 30.1 Å². The van der Waals surface area contributed by atoms with Gasteiger partial charge in [0.1, 0.15) is 5.75 Å². The molecule has 0 aliphatic rings. The third-order valence-electron chi connectivity index (χ3n) is 3.09. The molecule has 2 aromatic carbocycles. The number of benzene rings is 2. The van der Waals surface area contributed by atoms with Crippen LogP contribution in [-0.2, 0) is 13.1 Å². The van der Waals surface area contributed by atoms with Gasteiger partial charge in [0.25, 0.3) is 0 Å². The van der Waals surface area contributed by atoms with Gasteiger partial charge in [-0.25, -0.2) is 0 Å². The second kappa shape index (κ2) is 8.55. The van der Waals surface area contributed by atoms with Gasteiger partial charge in [0, 0.05) is 18.8 Å². The van der Waals surface area contributed by atoms with Gasteiger partial charge < -0.3 is 10.5 Å². The summed E-state index contributed by atoms with van der Waals surface area (Å²) in [5, 5.41) is 0. The second-order valence-electron chi connectivity index (χ2n) is 4.99. The van der Waals surface area contributed by atoms with Gasteiger partial charge in [0.2, 0.25) is 0 Å². The fraction of sp³-hybridized carbons (Fsp3) is 0.294. The third kappa shape index (κ3) is 5.66. The van der Waals surface area contributed by atoms with E-state index in [9.17, 15) is 0 Å². The van der Waals surface area contributed by atoms with Crippen LogP contribution in [0.3, 0.4) is 0 Å². The molecule has 21 heavy (non-hydrogen) atoms. The highest BCUT2D eigenvalue weighted by Crippen LogP contribution is 2.15. The summed E-state index contributed by atoms with van der Waals surface area (Å²) in [7, 11) is 2.11. The fourth-order valence-electron chi connectivity index (χ4n) is 2.23. The van der Waals surface area contributed by atoms with Crippen molar-refractivity contribution >= 4 is 18.1 Å². The summed E-state index contributed by atoms with van der Waals surface area (Å²) in [6.07, 6.45) is 0. The predicted molar refractivity (Wildman–Crippen MR) is 90.9 cm³/mol. The molecule has 0 unspecified atom stereocenters. The van der Waals surface area contributed by atoms with Gasteiger partial charge in [-0.3, -0.25) is 4.90 Å². The van der Waals surface area contributed by atoms with Crippen molar-refractivity contribution in [3.63, 3.8) is 0 Å². The average Bonchev–Trinajstić information content (AvgIpc) is 2.41. The van der Waals surface area contributed by atoms with Crippen molar-refractivity contribution < 1.29 is 4.74 Å². The van der Waals surface area contributed by atoms with E-state index in [1.807, 2.05) is 37.3 Å². The van der Waals surface area contributed by atoms with Crippen molar-refractivity contribution in [1.29, 1.82) is 0 Å². The smallest absolute Gasteiger partial charge is 0.119 e. The van der Waals surface area contributed by atoms with Crippen molar-refractivity contribution in [3.8, 4) is 5.75 Å². The average molecular weight is 307 g/mol. The molecule has 0 saturated heterocycles. The highest BCUT2D eigenvalue weighted by Gasteiger charge is 2.03. The number of hydrogen-bond acceptors (Lipinski definition) is 3. The summed E-state index contributed by atoms with van der Waals surface area (Å²) in [5.74, 6) is 0.926. The molecule has 0 fully saturated rings. The van der Waals surface area contributed by atoms with Gasteiger partial charge in [-0.2, -0.15) is 0 Å². The van der Waals surface area contributed by atoms with Crippen LogP contribution in [0.15, 0.2) is 48.5 Å². The highest BCUT2D eigenvalue weighted by atomic mass is 35.5. The van der Waals surface area contributed by atoms with Gasteiger partial charge in [-0.05, 0) is 49.4 Å². The molecule has 0 radical (unpaired) electrons. The number of ether oxygens (including phenoxy) is 1. The van der Waals surface area contributed by atoms with Crippen LogP contribution in [0.4, 0.5) is 5.69 Å². The van der Waals surface area contributed by atoms with Gasteiger partial charge >= 0.3 is 0 Å². The molecule has 0 aliphatic carbocycles. The molecule has 0 aromatic heterocycles. The lowest BCUT2D eigenvalue weighted by atomic mass is 10.1. The van der Waals surface area contributed by atoms with E-state index >= 15 is 0 Å². The zero-order valence-corrected chi connectivity index (χ0v) is 13.4. The Balaban J connectivity index is 0.00000220. The zero-order valence-electron chi connectivity index (χ0n) is 12.6. The van der Waals surface area contributed by atoms with E-state index in [0.29, 0.717) is 6.61 Å². The van der Waals surface area contributed by atoms with Crippen LogP contribution in [0.5, 0.6) is 5.75 Å². The number of anilines is 1. The van der Waals surface area contributed by atoms with E-state index in [1.165, 1.54) is 11.1 Å². The van der Waals surface area contributed by atoms with E-state index < -0.39 is 0 Å². The molecule has 0 bridgehead atoms. The Bertz CT molecular complexity index is 543. The molecule has 0 amide bonds. The van der Waals surface area contributed by atoms with Gasteiger partial charge in [0.15, 0.2) is 0 Å². The summed E-state index contributed by atoms with van der Waals surface area (Å²) in [6, 6.07) is 16.3. The van der Waals surface area contributed by atoms with Crippen molar-refractivity contribution in [2.45, 2.75) is 20.0 Å². The molecule has 0 aliphatic heterocycles. The van der Waals surface area contributed by atoms with Gasteiger partial charge in [-0.15, -0.1) is 12.4 Å². The van der Waals surface area contributed by atoms with Crippen LogP contribution in [0, 0.1) is 0 Å². The van der Waals surface area contributed by atoms with Crippen LogP contribution < -0.4 is 10.5 Å². The molecule has 2 aromatic rings. The maximum atomic E-state index is 5.80. The normalized spacial score (nSPS) is 10.2. The fourth-order valence-corrected chi connectivity index (χ4v) is 2.23. The van der Waals surface area contributed by atoms with Crippen molar-refractivity contribution in [1.82, 2.24) is 4.90 Å². The van der Waals surface area contributed by atoms with E-state index in [0.717, 1.165) is 24.5 Å². The quantitative estimate of drug-likeness (QED) is 0.827. The molecular formula is C17H23ClN2O. The van der Waals surface area contributed by atoms with Crippen molar-refractivity contribution in [2.24, 2.45) is 0 Å². The molecule has 2 N–H and O–H groups in total. The largest absolute Gasteiger partial charge is 0.494 e. The van der Waals surface area contributed by atoms with E-state index in [4.69, 9.17) is 10.5 Å². The number of nitrogens with two attached hydrogens (primary N) is 1. The Labute approximate surface area is 133 Å². The first-order valence-electron chi connectivity index (χ1n) is 6.92. The summed E-state index contributed by atoms with van der Waals surface area (Å²) in [6.45, 7) is 4.49.